The number of aliphatic hydroxyl groups is 1. The Kier molecular flexibility index (Phi) is 5.60. The molecule has 0 aliphatic heterocycles. The van der Waals surface area contributed by atoms with Crippen LogP contribution in [-0.2, 0) is 9.53 Å². The van der Waals surface area contributed by atoms with E-state index in [9.17, 15) is 9.90 Å². The molecule has 0 saturated heterocycles. The SMILES string of the molecule is COC(=O)C(C)C(C)NCC1(O)CCCC(C)C1. The van der Waals surface area contributed by atoms with Gasteiger partial charge in [0.05, 0.1) is 18.6 Å². The van der Waals surface area contributed by atoms with Crippen LogP contribution in [0.15, 0.2) is 0 Å². The van der Waals surface area contributed by atoms with Gasteiger partial charge in [0.1, 0.15) is 0 Å². The molecule has 1 aliphatic carbocycles. The molecule has 0 amide bonds. The zero-order chi connectivity index (χ0) is 13.8. The van der Waals surface area contributed by atoms with Crippen LogP contribution in [0.1, 0.15) is 46.5 Å². The summed E-state index contributed by atoms with van der Waals surface area (Å²) in [5.41, 5.74) is -0.609. The van der Waals surface area contributed by atoms with Crippen molar-refractivity contribution in [2.24, 2.45) is 11.8 Å². The van der Waals surface area contributed by atoms with Gasteiger partial charge in [-0.05, 0) is 25.7 Å². The zero-order valence-corrected chi connectivity index (χ0v) is 12.0. The molecular weight excluding hydrogens is 230 g/mol. The maximum Gasteiger partial charge on any atom is 0.309 e. The summed E-state index contributed by atoms with van der Waals surface area (Å²) in [6.07, 6.45) is 3.99. The average Bonchev–Trinajstić information content (AvgIpc) is 2.34. The fourth-order valence-electron chi connectivity index (χ4n) is 2.71. The molecule has 0 heterocycles. The van der Waals surface area contributed by atoms with Crippen molar-refractivity contribution < 1.29 is 14.6 Å². The predicted octanol–water partition coefficient (Wildman–Crippen LogP) is 1.71. The van der Waals surface area contributed by atoms with Crippen molar-refractivity contribution >= 4 is 5.97 Å². The molecule has 0 bridgehead atoms. The smallest absolute Gasteiger partial charge is 0.309 e. The number of hydrogen-bond donors (Lipinski definition) is 2. The third-order valence-electron chi connectivity index (χ3n) is 4.14. The number of methoxy groups -OCH3 is 1. The first-order chi connectivity index (χ1) is 8.38. The molecule has 1 saturated carbocycles. The molecule has 0 radical (unpaired) electrons. The van der Waals surface area contributed by atoms with Crippen LogP contribution in [0, 0.1) is 11.8 Å². The summed E-state index contributed by atoms with van der Waals surface area (Å²) in [6, 6.07) is 0.0127. The molecule has 1 rings (SSSR count). The summed E-state index contributed by atoms with van der Waals surface area (Å²) < 4.78 is 4.73. The molecule has 2 N–H and O–H groups in total. The molecule has 1 aliphatic rings. The van der Waals surface area contributed by atoms with Crippen LogP contribution in [0.3, 0.4) is 0 Å². The lowest BCUT2D eigenvalue weighted by molar-refractivity contribution is -0.145. The van der Waals surface area contributed by atoms with Crippen molar-refractivity contribution in [3.8, 4) is 0 Å². The standard InChI is InChI=1S/C14H27NO3/c1-10-6-5-7-14(17,8-10)9-15-12(3)11(2)13(16)18-4/h10-12,15,17H,5-9H2,1-4H3. The first-order valence-electron chi connectivity index (χ1n) is 6.91. The van der Waals surface area contributed by atoms with E-state index in [1.165, 1.54) is 13.5 Å². The second-order valence-corrected chi connectivity index (χ2v) is 5.91. The molecule has 0 aromatic heterocycles. The number of carbonyl (C=O) groups is 1. The molecule has 0 spiro atoms. The van der Waals surface area contributed by atoms with Crippen LogP contribution >= 0.6 is 0 Å². The number of esters is 1. The predicted molar refractivity (Wildman–Crippen MR) is 71.2 cm³/mol. The van der Waals surface area contributed by atoms with Gasteiger partial charge in [-0.2, -0.15) is 0 Å². The van der Waals surface area contributed by atoms with Crippen molar-refractivity contribution in [1.82, 2.24) is 5.32 Å². The maximum absolute atomic E-state index is 11.4. The Labute approximate surface area is 110 Å². The highest BCUT2D eigenvalue weighted by Crippen LogP contribution is 2.31. The van der Waals surface area contributed by atoms with E-state index in [2.05, 4.69) is 12.2 Å². The van der Waals surface area contributed by atoms with Crippen LogP contribution < -0.4 is 5.32 Å². The Morgan fingerprint density at radius 3 is 2.78 bits per heavy atom. The van der Waals surface area contributed by atoms with E-state index in [0.717, 1.165) is 19.3 Å². The molecular formula is C14H27NO3. The molecule has 106 valence electrons. The number of hydrogen-bond acceptors (Lipinski definition) is 4. The summed E-state index contributed by atoms with van der Waals surface area (Å²) in [7, 11) is 1.40. The first-order valence-corrected chi connectivity index (χ1v) is 6.91. The quantitative estimate of drug-likeness (QED) is 0.736. The fraction of sp³-hybridized carbons (Fsp3) is 0.929. The second-order valence-electron chi connectivity index (χ2n) is 5.91. The van der Waals surface area contributed by atoms with Crippen molar-refractivity contribution in [3.63, 3.8) is 0 Å². The van der Waals surface area contributed by atoms with Crippen LogP contribution in [0.2, 0.25) is 0 Å². The van der Waals surface area contributed by atoms with Crippen LogP contribution in [-0.4, -0.2) is 36.4 Å². The highest BCUT2D eigenvalue weighted by Gasteiger charge is 2.33. The number of carbonyl (C=O) groups excluding carboxylic acids is 1. The molecule has 4 nitrogen and oxygen atoms in total. The van der Waals surface area contributed by atoms with Gasteiger partial charge in [-0.15, -0.1) is 0 Å². The normalized spacial score (nSPS) is 31.7. The number of rotatable bonds is 5. The zero-order valence-electron chi connectivity index (χ0n) is 12.0. The van der Waals surface area contributed by atoms with Crippen LogP contribution in [0.4, 0.5) is 0 Å². The van der Waals surface area contributed by atoms with Gasteiger partial charge in [-0.3, -0.25) is 4.79 Å². The third kappa shape index (κ3) is 4.25. The maximum atomic E-state index is 11.4. The Bertz CT molecular complexity index is 282. The van der Waals surface area contributed by atoms with E-state index in [1.807, 2.05) is 13.8 Å². The molecule has 4 heteroatoms. The van der Waals surface area contributed by atoms with Crippen molar-refractivity contribution in [2.75, 3.05) is 13.7 Å². The lowest BCUT2D eigenvalue weighted by atomic mass is 9.79. The summed E-state index contributed by atoms with van der Waals surface area (Å²) in [5.74, 6) is 0.178. The molecule has 4 unspecified atom stereocenters. The van der Waals surface area contributed by atoms with Gasteiger partial charge in [0.2, 0.25) is 0 Å². The molecule has 0 aromatic carbocycles. The van der Waals surface area contributed by atoms with Crippen molar-refractivity contribution in [1.29, 1.82) is 0 Å². The average molecular weight is 257 g/mol. The molecule has 0 aromatic rings. The van der Waals surface area contributed by atoms with Crippen LogP contribution in [0.5, 0.6) is 0 Å². The summed E-state index contributed by atoms with van der Waals surface area (Å²) in [5, 5.41) is 13.8. The van der Waals surface area contributed by atoms with Gasteiger partial charge in [0.15, 0.2) is 0 Å². The summed E-state index contributed by atoms with van der Waals surface area (Å²) >= 11 is 0. The minimum Gasteiger partial charge on any atom is -0.469 e. The highest BCUT2D eigenvalue weighted by molar-refractivity contribution is 5.72. The number of ether oxygens (including phenoxy) is 1. The molecule has 18 heavy (non-hydrogen) atoms. The minimum absolute atomic E-state index is 0.0127. The van der Waals surface area contributed by atoms with E-state index in [-0.39, 0.29) is 17.9 Å². The van der Waals surface area contributed by atoms with E-state index < -0.39 is 5.60 Å². The lowest BCUT2D eigenvalue weighted by Gasteiger charge is -2.37. The molecule has 4 atom stereocenters. The van der Waals surface area contributed by atoms with E-state index in [0.29, 0.717) is 12.5 Å². The van der Waals surface area contributed by atoms with Crippen molar-refractivity contribution in [3.05, 3.63) is 0 Å². The monoisotopic (exact) mass is 257 g/mol. The van der Waals surface area contributed by atoms with Crippen LogP contribution in [0.25, 0.3) is 0 Å². The van der Waals surface area contributed by atoms with Gasteiger partial charge in [0, 0.05) is 12.6 Å². The highest BCUT2D eigenvalue weighted by atomic mass is 16.5. The Hall–Kier alpha value is -0.610. The van der Waals surface area contributed by atoms with Gasteiger partial charge in [-0.25, -0.2) is 0 Å². The van der Waals surface area contributed by atoms with Gasteiger partial charge in [-0.1, -0.05) is 26.7 Å². The molecule has 1 fully saturated rings. The fourth-order valence-corrected chi connectivity index (χ4v) is 2.71. The minimum atomic E-state index is -0.609. The summed E-state index contributed by atoms with van der Waals surface area (Å²) in [4.78, 5) is 11.4. The van der Waals surface area contributed by atoms with E-state index in [4.69, 9.17) is 4.74 Å². The van der Waals surface area contributed by atoms with E-state index in [1.54, 1.807) is 0 Å². The Morgan fingerprint density at radius 1 is 1.56 bits per heavy atom. The Morgan fingerprint density at radius 2 is 2.22 bits per heavy atom. The van der Waals surface area contributed by atoms with Gasteiger partial charge in [0.25, 0.3) is 0 Å². The third-order valence-corrected chi connectivity index (χ3v) is 4.14. The van der Waals surface area contributed by atoms with Gasteiger partial charge >= 0.3 is 5.97 Å². The number of nitrogens with one attached hydrogen (secondary N) is 1. The lowest BCUT2D eigenvalue weighted by Crippen LogP contribution is -2.48. The van der Waals surface area contributed by atoms with Crippen molar-refractivity contribution in [2.45, 2.75) is 58.1 Å². The Balaban J connectivity index is 2.41. The first kappa shape index (κ1) is 15.4. The topological polar surface area (TPSA) is 58.6 Å². The largest absolute Gasteiger partial charge is 0.469 e. The second kappa shape index (κ2) is 6.53. The summed E-state index contributed by atoms with van der Waals surface area (Å²) in [6.45, 7) is 6.54. The van der Waals surface area contributed by atoms with Gasteiger partial charge < -0.3 is 15.2 Å². The van der Waals surface area contributed by atoms with E-state index >= 15 is 0 Å².